The van der Waals surface area contributed by atoms with Crippen LogP contribution in [0, 0.1) is 0 Å². The summed E-state index contributed by atoms with van der Waals surface area (Å²) in [5, 5.41) is 6.57. The van der Waals surface area contributed by atoms with Crippen molar-refractivity contribution in [2.24, 2.45) is 0 Å². The Labute approximate surface area is 180 Å². The van der Waals surface area contributed by atoms with Gasteiger partial charge in [0.2, 0.25) is 0 Å². The molecule has 1 unspecified atom stereocenters. The maximum absolute atomic E-state index is 12.5. The zero-order chi connectivity index (χ0) is 20.9. The number of aromatic nitrogens is 4. The molecule has 29 heavy (non-hydrogen) atoms. The molecule has 0 saturated heterocycles. The number of carbonyl (C=O) groups is 1. The number of hydrogen-bond donors (Lipinski definition) is 0. The predicted octanol–water partition coefficient (Wildman–Crippen LogP) is 4.22. The summed E-state index contributed by atoms with van der Waals surface area (Å²) in [4.78, 5) is 17.5. The van der Waals surface area contributed by atoms with Gasteiger partial charge in [-0.3, -0.25) is 12.9 Å². The summed E-state index contributed by atoms with van der Waals surface area (Å²) in [5.74, 6) is 0.331. The van der Waals surface area contributed by atoms with Crippen molar-refractivity contribution in [3.8, 4) is 0 Å². The Morgan fingerprint density at radius 1 is 1.38 bits per heavy atom. The molecule has 12 heteroatoms. The minimum absolute atomic E-state index is 0.324. The number of rotatable bonds is 3. The molecule has 0 spiro atoms. The summed E-state index contributed by atoms with van der Waals surface area (Å²) in [6, 6.07) is 4.90. The summed E-state index contributed by atoms with van der Waals surface area (Å²) in [7, 11) is 0. The first-order chi connectivity index (χ1) is 13.7. The standard InChI is InChI=1S/C17H16BrN5O4S2/c1-17(2,3)27-16(24)22-12-8-11(5-4-10(12)9-19-22)23(29(25)26)14-13(18)20-15-21(14)6-7-28-15/h4-9H,1-3H3,(H,25,26)/p-1. The number of carbonyl (C=O) groups excluding carboxylic acids is 1. The monoisotopic (exact) mass is 496 g/mol. The highest BCUT2D eigenvalue weighted by molar-refractivity contribution is 9.10. The highest BCUT2D eigenvalue weighted by Crippen LogP contribution is 2.36. The molecule has 0 bridgehead atoms. The third kappa shape index (κ3) is 3.68. The molecular formula is C17H15BrN5O4S2-. The van der Waals surface area contributed by atoms with E-state index in [1.54, 1.807) is 49.6 Å². The molecule has 1 atom stereocenters. The van der Waals surface area contributed by atoms with Gasteiger partial charge in [-0.2, -0.15) is 9.78 Å². The molecule has 0 aliphatic rings. The highest BCUT2D eigenvalue weighted by Gasteiger charge is 2.23. The lowest BCUT2D eigenvalue weighted by molar-refractivity contribution is 0.0523. The van der Waals surface area contributed by atoms with E-state index in [0.29, 0.717) is 32.0 Å². The normalized spacial score (nSPS) is 13.1. The fourth-order valence-electron chi connectivity index (χ4n) is 2.79. The van der Waals surface area contributed by atoms with Crippen LogP contribution in [0.4, 0.5) is 16.3 Å². The first kappa shape index (κ1) is 20.0. The van der Waals surface area contributed by atoms with Gasteiger partial charge in [0.25, 0.3) is 0 Å². The number of imidazole rings is 1. The average Bonchev–Trinajstić information content (AvgIpc) is 3.29. The third-order valence-electron chi connectivity index (χ3n) is 3.89. The Kier molecular flexibility index (Phi) is 4.97. The number of benzene rings is 1. The molecule has 1 aromatic carbocycles. The van der Waals surface area contributed by atoms with Gasteiger partial charge in [-0.05, 0) is 54.9 Å². The van der Waals surface area contributed by atoms with Gasteiger partial charge in [0.05, 0.1) is 28.7 Å². The van der Waals surface area contributed by atoms with E-state index in [1.807, 2.05) is 5.38 Å². The van der Waals surface area contributed by atoms with Crippen LogP contribution in [0.3, 0.4) is 0 Å². The van der Waals surface area contributed by atoms with Crippen LogP contribution in [-0.2, 0) is 16.0 Å². The van der Waals surface area contributed by atoms with Gasteiger partial charge in [0, 0.05) is 17.0 Å². The van der Waals surface area contributed by atoms with Crippen LogP contribution in [0.15, 0.2) is 40.6 Å². The fraction of sp³-hybridized carbons (Fsp3) is 0.235. The molecule has 0 aliphatic carbocycles. The Bertz CT molecular complexity index is 1260. The smallest absolute Gasteiger partial charge is 0.435 e. The van der Waals surface area contributed by atoms with E-state index in [4.69, 9.17) is 4.74 Å². The summed E-state index contributed by atoms with van der Waals surface area (Å²) in [6.45, 7) is 5.27. The number of ether oxygens (including phenoxy) is 1. The molecular weight excluding hydrogens is 482 g/mol. The van der Waals surface area contributed by atoms with Crippen LogP contribution < -0.4 is 4.31 Å². The van der Waals surface area contributed by atoms with Gasteiger partial charge >= 0.3 is 6.09 Å². The number of thiazole rings is 1. The lowest BCUT2D eigenvalue weighted by atomic mass is 10.2. The Morgan fingerprint density at radius 2 is 2.14 bits per heavy atom. The summed E-state index contributed by atoms with van der Waals surface area (Å²) < 4.78 is 33.9. The number of halogens is 1. The number of hydrogen-bond acceptors (Lipinski definition) is 7. The minimum atomic E-state index is -2.65. The maximum Gasteiger partial charge on any atom is 0.435 e. The van der Waals surface area contributed by atoms with Crippen molar-refractivity contribution in [2.75, 3.05) is 4.31 Å². The van der Waals surface area contributed by atoms with E-state index >= 15 is 0 Å². The van der Waals surface area contributed by atoms with Crippen LogP contribution in [0.2, 0.25) is 0 Å². The van der Waals surface area contributed by atoms with Crippen LogP contribution in [-0.4, -0.2) is 39.6 Å². The molecule has 152 valence electrons. The second kappa shape index (κ2) is 7.20. The van der Waals surface area contributed by atoms with E-state index in [-0.39, 0.29) is 0 Å². The molecule has 4 aromatic rings. The molecule has 3 heterocycles. The van der Waals surface area contributed by atoms with Crippen LogP contribution in [0.1, 0.15) is 20.8 Å². The second-order valence-electron chi connectivity index (χ2n) is 7.07. The van der Waals surface area contributed by atoms with Crippen molar-refractivity contribution >= 4 is 72.0 Å². The number of fused-ring (bicyclic) bond motifs is 2. The molecule has 3 aromatic heterocycles. The SMILES string of the molecule is CC(C)(C)OC(=O)n1ncc2ccc(N(c3c(Br)nc4sccn34)S(=O)[O-])cc21. The molecule has 0 amide bonds. The Balaban J connectivity index is 1.85. The molecule has 0 saturated carbocycles. The van der Waals surface area contributed by atoms with Gasteiger partial charge in [-0.1, -0.05) is 0 Å². The van der Waals surface area contributed by atoms with Gasteiger partial charge in [0.15, 0.2) is 15.4 Å². The number of anilines is 2. The lowest BCUT2D eigenvalue weighted by Crippen LogP contribution is -2.27. The number of nitrogens with zero attached hydrogens (tertiary/aromatic N) is 5. The van der Waals surface area contributed by atoms with Gasteiger partial charge in [-0.25, -0.2) is 9.78 Å². The zero-order valence-electron chi connectivity index (χ0n) is 15.5. The Morgan fingerprint density at radius 3 is 2.83 bits per heavy atom. The Hall–Kier alpha value is -2.28. The summed E-state index contributed by atoms with van der Waals surface area (Å²) >= 11 is 2.07. The van der Waals surface area contributed by atoms with Gasteiger partial charge in [0.1, 0.15) is 5.60 Å². The molecule has 0 aliphatic heterocycles. The molecule has 4 rings (SSSR count). The summed E-state index contributed by atoms with van der Waals surface area (Å²) in [5.41, 5.74) is 0.0574. The molecule has 0 fully saturated rings. The molecule has 9 nitrogen and oxygen atoms in total. The van der Waals surface area contributed by atoms with Crippen molar-refractivity contribution in [3.63, 3.8) is 0 Å². The molecule has 0 N–H and O–H groups in total. The van der Waals surface area contributed by atoms with Gasteiger partial charge in [-0.15, -0.1) is 11.3 Å². The summed E-state index contributed by atoms with van der Waals surface area (Å²) in [6.07, 6.45) is 2.61. The average molecular weight is 497 g/mol. The van der Waals surface area contributed by atoms with Gasteiger partial charge < -0.3 is 9.29 Å². The van der Waals surface area contributed by atoms with Crippen molar-refractivity contribution < 1.29 is 18.3 Å². The third-order valence-corrected chi connectivity index (χ3v) is 5.86. The quantitative estimate of drug-likeness (QED) is 0.393. The van der Waals surface area contributed by atoms with Crippen LogP contribution >= 0.6 is 27.3 Å². The predicted molar refractivity (Wildman–Crippen MR) is 113 cm³/mol. The van der Waals surface area contributed by atoms with Crippen LogP contribution in [0.5, 0.6) is 0 Å². The van der Waals surface area contributed by atoms with Crippen molar-refractivity contribution in [3.05, 3.63) is 40.6 Å². The van der Waals surface area contributed by atoms with E-state index in [1.165, 1.54) is 17.5 Å². The largest absolute Gasteiger partial charge is 0.755 e. The van der Waals surface area contributed by atoms with Crippen molar-refractivity contribution in [2.45, 2.75) is 26.4 Å². The lowest BCUT2D eigenvalue weighted by Gasteiger charge is -2.26. The van der Waals surface area contributed by atoms with E-state index in [2.05, 4.69) is 26.0 Å². The topological polar surface area (TPSA) is 105 Å². The maximum atomic E-state index is 12.5. The van der Waals surface area contributed by atoms with Crippen LogP contribution in [0.25, 0.3) is 15.9 Å². The molecule has 0 radical (unpaired) electrons. The minimum Gasteiger partial charge on any atom is -0.755 e. The first-order valence-electron chi connectivity index (χ1n) is 8.37. The first-order valence-corrected chi connectivity index (χ1v) is 11.1. The van der Waals surface area contributed by atoms with Crippen molar-refractivity contribution in [1.29, 1.82) is 0 Å². The highest BCUT2D eigenvalue weighted by atomic mass is 79.9. The fourth-order valence-corrected chi connectivity index (χ4v) is 4.87. The van der Waals surface area contributed by atoms with E-state index in [9.17, 15) is 13.6 Å². The zero-order valence-corrected chi connectivity index (χ0v) is 18.7. The second-order valence-corrected chi connectivity index (χ2v) is 9.50. The van der Waals surface area contributed by atoms with Crippen molar-refractivity contribution in [1.82, 2.24) is 19.2 Å². The van der Waals surface area contributed by atoms with E-state index in [0.717, 1.165) is 8.99 Å². The van der Waals surface area contributed by atoms with E-state index < -0.39 is 23.0 Å².